The number of benzene rings is 1. The summed E-state index contributed by atoms with van der Waals surface area (Å²) in [5, 5.41) is 2.37. The van der Waals surface area contributed by atoms with E-state index >= 15 is 0 Å². The first kappa shape index (κ1) is 13.5. The molecule has 0 amide bonds. The SMILES string of the molecule is CCCC[NH2+]CCCOc1cccc(Br)c1. The molecule has 0 aromatic heterocycles. The Morgan fingerprint density at radius 2 is 2.06 bits per heavy atom. The Labute approximate surface area is 107 Å². The van der Waals surface area contributed by atoms with Crippen molar-refractivity contribution in [1.82, 2.24) is 0 Å². The Balaban J connectivity index is 2.03. The monoisotopic (exact) mass is 286 g/mol. The van der Waals surface area contributed by atoms with E-state index in [-0.39, 0.29) is 0 Å². The second-order valence-electron chi connectivity index (χ2n) is 3.88. The lowest BCUT2D eigenvalue weighted by Crippen LogP contribution is -2.84. The van der Waals surface area contributed by atoms with Gasteiger partial charge in [0.2, 0.25) is 0 Å². The number of rotatable bonds is 8. The number of hydrogen-bond acceptors (Lipinski definition) is 1. The summed E-state index contributed by atoms with van der Waals surface area (Å²) in [5.41, 5.74) is 0. The van der Waals surface area contributed by atoms with Gasteiger partial charge >= 0.3 is 0 Å². The van der Waals surface area contributed by atoms with Crippen LogP contribution < -0.4 is 10.1 Å². The Kier molecular flexibility index (Phi) is 7.26. The van der Waals surface area contributed by atoms with E-state index < -0.39 is 0 Å². The number of hydrogen-bond donors (Lipinski definition) is 1. The normalized spacial score (nSPS) is 10.4. The largest absolute Gasteiger partial charge is 0.493 e. The van der Waals surface area contributed by atoms with E-state index in [0.29, 0.717) is 0 Å². The summed E-state index contributed by atoms with van der Waals surface area (Å²) in [7, 11) is 0. The first-order valence-electron chi connectivity index (χ1n) is 6.03. The lowest BCUT2D eigenvalue weighted by Gasteiger charge is -2.05. The highest BCUT2D eigenvalue weighted by Gasteiger charge is 1.95. The molecule has 0 saturated heterocycles. The highest BCUT2D eigenvalue weighted by atomic mass is 79.9. The zero-order chi connectivity index (χ0) is 11.6. The van der Waals surface area contributed by atoms with E-state index in [1.807, 2.05) is 24.3 Å². The van der Waals surface area contributed by atoms with Crippen molar-refractivity contribution in [2.75, 3.05) is 19.7 Å². The lowest BCUT2D eigenvalue weighted by atomic mass is 10.3. The first-order valence-corrected chi connectivity index (χ1v) is 6.82. The molecule has 0 unspecified atom stereocenters. The molecule has 0 saturated carbocycles. The first-order chi connectivity index (χ1) is 7.83. The van der Waals surface area contributed by atoms with E-state index in [2.05, 4.69) is 28.2 Å². The average Bonchev–Trinajstić information content (AvgIpc) is 2.28. The van der Waals surface area contributed by atoms with Crippen LogP contribution in [0, 0.1) is 0 Å². The summed E-state index contributed by atoms with van der Waals surface area (Å²) in [5.74, 6) is 0.947. The maximum atomic E-state index is 5.64. The van der Waals surface area contributed by atoms with Gasteiger partial charge in [0.25, 0.3) is 0 Å². The zero-order valence-electron chi connectivity index (χ0n) is 9.92. The summed E-state index contributed by atoms with van der Waals surface area (Å²) < 4.78 is 6.71. The molecule has 0 aliphatic carbocycles. The van der Waals surface area contributed by atoms with Crippen LogP contribution >= 0.6 is 15.9 Å². The molecule has 2 nitrogen and oxygen atoms in total. The van der Waals surface area contributed by atoms with Crippen LogP contribution in [-0.4, -0.2) is 19.7 Å². The fourth-order valence-corrected chi connectivity index (χ4v) is 1.85. The fourth-order valence-electron chi connectivity index (χ4n) is 1.47. The van der Waals surface area contributed by atoms with Crippen molar-refractivity contribution in [2.24, 2.45) is 0 Å². The zero-order valence-corrected chi connectivity index (χ0v) is 11.5. The second-order valence-corrected chi connectivity index (χ2v) is 4.79. The molecule has 1 rings (SSSR count). The van der Waals surface area contributed by atoms with Crippen molar-refractivity contribution >= 4 is 15.9 Å². The predicted octanol–water partition coefficient (Wildman–Crippen LogP) is 2.58. The third kappa shape index (κ3) is 6.13. The van der Waals surface area contributed by atoms with Gasteiger partial charge in [-0.05, 0) is 24.6 Å². The van der Waals surface area contributed by atoms with Crippen LogP contribution in [0.5, 0.6) is 5.75 Å². The van der Waals surface area contributed by atoms with Gasteiger partial charge in [0.1, 0.15) is 5.75 Å². The van der Waals surface area contributed by atoms with E-state index in [0.717, 1.165) is 29.8 Å². The van der Waals surface area contributed by atoms with Crippen LogP contribution in [-0.2, 0) is 0 Å². The molecule has 0 atom stereocenters. The van der Waals surface area contributed by atoms with E-state index in [4.69, 9.17) is 4.74 Å². The molecule has 1 aromatic rings. The minimum absolute atomic E-state index is 0.805. The van der Waals surface area contributed by atoms with Gasteiger partial charge in [-0.3, -0.25) is 0 Å². The number of unbranched alkanes of at least 4 members (excludes halogenated alkanes) is 1. The van der Waals surface area contributed by atoms with Gasteiger partial charge in [0.05, 0.1) is 19.7 Å². The summed E-state index contributed by atoms with van der Waals surface area (Å²) in [6.45, 7) is 5.44. The van der Waals surface area contributed by atoms with Gasteiger partial charge in [-0.1, -0.05) is 35.3 Å². The third-order valence-electron chi connectivity index (χ3n) is 2.38. The molecule has 16 heavy (non-hydrogen) atoms. The average molecular weight is 287 g/mol. The molecule has 90 valence electrons. The molecule has 0 heterocycles. The van der Waals surface area contributed by atoms with Crippen molar-refractivity contribution in [2.45, 2.75) is 26.2 Å². The Bertz CT molecular complexity index is 291. The van der Waals surface area contributed by atoms with Gasteiger partial charge in [-0.15, -0.1) is 0 Å². The van der Waals surface area contributed by atoms with Crippen molar-refractivity contribution < 1.29 is 10.1 Å². The standard InChI is InChI=1S/C13H20BrNO/c1-2-3-8-15-9-5-10-16-13-7-4-6-12(14)11-13/h4,6-7,11,15H,2-3,5,8-10H2,1H3/p+1. The molecular weight excluding hydrogens is 266 g/mol. The molecule has 3 heteroatoms. The minimum Gasteiger partial charge on any atom is -0.493 e. The fraction of sp³-hybridized carbons (Fsp3) is 0.538. The molecule has 0 bridgehead atoms. The maximum absolute atomic E-state index is 5.64. The highest BCUT2D eigenvalue weighted by Crippen LogP contribution is 2.17. The number of halogens is 1. The third-order valence-corrected chi connectivity index (χ3v) is 2.87. The van der Waals surface area contributed by atoms with Crippen LogP contribution in [0.2, 0.25) is 0 Å². The van der Waals surface area contributed by atoms with Gasteiger partial charge in [0.15, 0.2) is 0 Å². The molecule has 0 fully saturated rings. The van der Waals surface area contributed by atoms with Crippen LogP contribution in [0.3, 0.4) is 0 Å². The van der Waals surface area contributed by atoms with Crippen LogP contribution in [0.1, 0.15) is 26.2 Å². The van der Waals surface area contributed by atoms with Gasteiger partial charge in [-0.2, -0.15) is 0 Å². The van der Waals surface area contributed by atoms with Crippen molar-refractivity contribution in [3.8, 4) is 5.75 Å². The van der Waals surface area contributed by atoms with Gasteiger partial charge < -0.3 is 10.1 Å². The molecule has 2 N–H and O–H groups in total. The summed E-state index contributed by atoms with van der Waals surface area (Å²) >= 11 is 3.43. The Morgan fingerprint density at radius 3 is 2.81 bits per heavy atom. The predicted molar refractivity (Wildman–Crippen MR) is 70.8 cm³/mol. The number of quaternary nitrogens is 1. The molecular formula is C13H21BrNO+. The van der Waals surface area contributed by atoms with Crippen molar-refractivity contribution in [3.63, 3.8) is 0 Å². The van der Waals surface area contributed by atoms with E-state index in [1.54, 1.807) is 0 Å². The molecule has 0 spiro atoms. The van der Waals surface area contributed by atoms with E-state index in [1.165, 1.54) is 19.4 Å². The molecule has 0 aliphatic rings. The Morgan fingerprint density at radius 1 is 1.25 bits per heavy atom. The minimum atomic E-state index is 0.805. The topological polar surface area (TPSA) is 25.8 Å². The summed E-state index contributed by atoms with van der Waals surface area (Å²) in [6.07, 6.45) is 3.70. The van der Waals surface area contributed by atoms with Crippen LogP contribution in [0.15, 0.2) is 28.7 Å². The number of ether oxygens (including phenoxy) is 1. The number of nitrogens with two attached hydrogens (primary N) is 1. The Hall–Kier alpha value is -0.540. The van der Waals surface area contributed by atoms with Crippen molar-refractivity contribution in [1.29, 1.82) is 0 Å². The molecule has 0 aliphatic heterocycles. The highest BCUT2D eigenvalue weighted by molar-refractivity contribution is 9.10. The smallest absolute Gasteiger partial charge is 0.120 e. The summed E-state index contributed by atoms with van der Waals surface area (Å²) in [6, 6.07) is 7.99. The van der Waals surface area contributed by atoms with Gasteiger partial charge in [0, 0.05) is 10.9 Å². The summed E-state index contributed by atoms with van der Waals surface area (Å²) in [4.78, 5) is 0. The maximum Gasteiger partial charge on any atom is 0.120 e. The quantitative estimate of drug-likeness (QED) is 0.731. The molecule has 0 radical (unpaired) electrons. The second kappa shape index (κ2) is 8.59. The van der Waals surface area contributed by atoms with Crippen LogP contribution in [0.4, 0.5) is 0 Å². The van der Waals surface area contributed by atoms with Gasteiger partial charge in [-0.25, -0.2) is 0 Å². The van der Waals surface area contributed by atoms with E-state index in [9.17, 15) is 0 Å². The van der Waals surface area contributed by atoms with Crippen LogP contribution in [0.25, 0.3) is 0 Å². The molecule has 1 aromatic carbocycles. The lowest BCUT2D eigenvalue weighted by molar-refractivity contribution is -0.655. The van der Waals surface area contributed by atoms with Crippen molar-refractivity contribution in [3.05, 3.63) is 28.7 Å².